The van der Waals surface area contributed by atoms with Gasteiger partial charge in [0.15, 0.2) is 0 Å². The number of fused-ring (bicyclic) bond motifs is 5. The summed E-state index contributed by atoms with van der Waals surface area (Å²) < 4.78 is 2.63. The minimum Gasteiger partial charge on any atom is -0.310 e. The van der Waals surface area contributed by atoms with E-state index in [0.29, 0.717) is 0 Å². The number of thiophene rings is 1. The molecule has 0 N–H and O–H groups in total. The van der Waals surface area contributed by atoms with E-state index in [9.17, 15) is 0 Å². The highest BCUT2D eigenvalue weighted by Crippen LogP contribution is 2.45. The van der Waals surface area contributed by atoms with Crippen LogP contribution in [0.2, 0.25) is 0 Å². The third-order valence-electron chi connectivity index (χ3n) is 11.4. The molecule has 2 heteroatoms. The van der Waals surface area contributed by atoms with E-state index in [1.807, 2.05) is 11.3 Å². The minimum atomic E-state index is 1.09. The lowest BCUT2D eigenvalue weighted by Gasteiger charge is -2.29. The van der Waals surface area contributed by atoms with E-state index in [1.165, 1.54) is 86.2 Å². The van der Waals surface area contributed by atoms with E-state index >= 15 is 0 Å². The van der Waals surface area contributed by atoms with Crippen LogP contribution in [-0.4, -0.2) is 0 Å². The van der Waals surface area contributed by atoms with E-state index in [4.69, 9.17) is 0 Å². The third-order valence-corrected chi connectivity index (χ3v) is 12.6. The van der Waals surface area contributed by atoms with Crippen LogP contribution in [0, 0.1) is 0 Å². The van der Waals surface area contributed by atoms with Gasteiger partial charge in [0.05, 0.1) is 5.69 Å². The zero-order chi connectivity index (χ0) is 38.4. The summed E-state index contributed by atoms with van der Waals surface area (Å²) in [6.07, 6.45) is 0. The Balaban J connectivity index is 1.11. The number of hydrogen-bond donors (Lipinski definition) is 0. The van der Waals surface area contributed by atoms with Crippen molar-refractivity contribution in [3.63, 3.8) is 0 Å². The topological polar surface area (TPSA) is 3.24 Å². The maximum absolute atomic E-state index is 2.45. The Morgan fingerprint density at radius 2 is 0.897 bits per heavy atom. The Kier molecular flexibility index (Phi) is 8.42. The van der Waals surface area contributed by atoms with Crippen LogP contribution in [0.4, 0.5) is 17.1 Å². The Bertz CT molecular complexity index is 3280. The van der Waals surface area contributed by atoms with E-state index in [-0.39, 0.29) is 0 Å². The molecule has 0 bridgehead atoms. The van der Waals surface area contributed by atoms with Crippen LogP contribution in [0.5, 0.6) is 0 Å². The summed E-state index contributed by atoms with van der Waals surface area (Å²) in [5.41, 5.74) is 12.8. The first kappa shape index (κ1) is 34.0. The molecule has 10 aromatic carbocycles. The minimum absolute atomic E-state index is 1.09. The molecule has 0 aliphatic heterocycles. The molecule has 0 atom stereocenters. The monoisotopic (exact) mass is 755 g/mol. The standard InChI is InChI=1S/C56H37NS/c1-2-13-41(14-3-1)51-32-28-46(50-22-11-17-40-15-6-7-20-49(40)50)37-54(51)57(47-30-26-39(27-31-47)44-25-24-38-12-4-5-16-42(38)34-44)48-19-10-18-43(35-48)45-29-33-56-53(36-45)52-21-8-9-23-55(52)58-56/h1-37H. The second-order valence-electron chi connectivity index (χ2n) is 14.9. The molecular formula is C56H37NS. The first-order chi connectivity index (χ1) is 28.7. The van der Waals surface area contributed by atoms with Crippen LogP contribution in [0.25, 0.3) is 86.2 Å². The molecule has 0 aliphatic rings. The Morgan fingerprint density at radius 3 is 1.78 bits per heavy atom. The van der Waals surface area contributed by atoms with Crippen molar-refractivity contribution in [2.24, 2.45) is 0 Å². The predicted octanol–water partition coefficient (Wildman–Crippen LogP) is 16.5. The highest BCUT2D eigenvalue weighted by Gasteiger charge is 2.20. The second-order valence-corrected chi connectivity index (χ2v) is 16.0. The van der Waals surface area contributed by atoms with Crippen LogP contribution >= 0.6 is 11.3 Å². The molecule has 11 aromatic rings. The maximum Gasteiger partial charge on any atom is 0.0546 e. The first-order valence-corrected chi connectivity index (χ1v) is 20.6. The molecule has 0 unspecified atom stereocenters. The molecule has 272 valence electrons. The molecule has 0 radical (unpaired) electrons. The van der Waals surface area contributed by atoms with E-state index in [0.717, 1.165) is 17.1 Å². The van der Waals surface area contributed by atoms with Gasteiger partial charge < -0.3 is 4.90 Å². The van der Waals surface area contributed by atoms with Gasteiger partial charge >= 0.3 is 0 Å². The van der Waals surface area contributed by atoms with Crippen molar-refractivity contribution in [2.75, 3.05) is 4.90 Å². The third kappa shape index (κ3) is 6.12. The normalized spacial score (nSPS) is 11.4. The molecule has 58 heavy (non-hydrogen) atoms. The predicted molar refractivity (Wildman–Crippen MR) is 251 cm³/mol. The fourth-order valence-corrected chi connectivity index (χ4v) is 9.64. The molecule has 1 heterocycles. The molecule has 0 saturated heterocycles. The van der Waals surface area contributed by atoms with Crippen molar-refractivity contribution in [2.45, 2.75) is 0 Å². The van der Waals surface area contributed by atoms with Crippen LogP contribution in [0.3, 0.4) is 0 Å². The maximum atomic E-state index is 2.45. The van der Waals surface area contributed by atoms with Gasteiger partial charge in [0, 0.05) is 37.1 Å². The molecule has 0 spiro atoms. The van der Waals surface area contributed by atoms with Gasteiger partial charge in [-0.05, 0) is 115 Å². The lowest BCUT2D eigenvalue weighted by atomic mass is 9.93. The molecular weight excluding hydrogens is 719 g/mol. The van der Waals surface area contributed by atoms with Gasteiger partial charge in [0.2, 0.25) is 0 Å². The zero-order valence-electron chi connectivity index (χ0n) is 31.7. The summed E-state index contributed by atoms with van der Waals surface area (Å²) >= 11 is 1.86. The molecule has 1 aromatic heterocycles. The van der Waals surface area contributed by atoms with Crippen molar-refractivity contribution in [1.29, 1.82) is 0 Å². The summed E-state index contributed by atoms with van der Waals surface area (Å²) in [5, 5.41) is 7.59. The van der Waals surface area contributed by atoms with E-state index in [2.05, 4.69) is 229 Å². The summed E-state index contributed by atoms with van der Waals surface area (Å²) in [6, 6.07) is 82.2. The Labute approximate surface area is 342 Å². The van der Waals surface area contributed by atoms with Crippen LogP contribution < -0.4 is 4.90 Å². The molecule has 0 fully saturated rings. The molecule has 0 aliphatic carbocycles. The van der Waals surface area contributed by atoms with Crippen molar-refractivity contribution >= 4 is 70.1 Å². The van der Waals surface area contributed by atoms with Gasteiger partial charge in [-0.15, -0.1) is 11.3 Å². The van der Waals surface area contributed by atoms with Gasteiger partial charge in [-0.1, -0.05) is 170 Å². The lowest BCUT2D eigenvalue weighted by molar-refractivity contribution is 1.28. The molecule has 0 saturated carbocycles. The SMILES string of the molecule is c1ccc(-c2ccc(-c3cccc4ccccc34)cc2N(c2ccc(-c3ccc4ccccc4c3)cc2)c2cccc(-c3ccc4sc5ccccc5c4c3)c2)cc1. The van der Waals surface area contributed by atoms with Gasteiger partial charge in [0.25, 0.3) is 0 Å². The van der Waals surface area contributed by atoms with E-state index < -0.39 is 0 Å². The molecule has 0 amide bonds. The Morgan fingerprint density at radius 1 is 0.276 bits per heavy atom. The van der Waals surface area contributed by atoms with Gasteiger partial charge in [-0.3, -0.25) is 0 Å². The smallest absolute Gasteiger partial charge is 0.0546 e. The van der Waals surface area contributed by atoms with Gasteiger partial charge in [-0.25, -0.2) is 0 Å². The summed E-state index contributed by atoms with van der Waals surface area (Å²) in [6.45, 7) is 0. The van der Waals surface area contributed by atoms with Gasteiger partial charge in [-0.2, -0.15) is 0 Å². The van der Waals surface area contributed by atoms with Crippen molar-refractivity contribution in [3.8, 4) is 44.5 Å². The molecule has 11 rings (SSSR count). The number of benzene rings is 10. The quantitative estimate of drug-likeness (QED) is 0.157. The first-order valence-electron chi connectivity index (χ1n) is 19.8. The fourth-order valence-electron chi connectivity index (χ4n) is 8.55. The van der Waals surface area contributed by atoms with Crippen molar-refractivity contribution in [3.05, 3.63) is 224 Å². The summed E-state index contributed by atoms with van der Waals surface area (Å²) in [4.78, 5) is 2.45. The van der Waals surface area contributed by atoms with E-state index in [1.54, 1.807) is 0 Å². The van der Waals surface area contributed by atoms with Crippen molar-refractivity contribution < 1.29 is 0 Å². The number of rotatable bonds is 7. The van der Waals surface area contributed by atoms with Crippen molar-refractivity contribution in [1.82, 2.24) is 0 Å². The number of anilines is 3. The highest BCUT2D eigenvalue weighted by molar-refractivity contribution is 7.25. The highest BCUT2D eigenvalue weighted by atomic mass is 32.1. The van der Waals surface area contributed by atoms with Crippen LogP contribution in [-0.2, 0) is 0 Å². The number of hydrogen-bond acceptors (Lipinski definition) is 2. The average molecular weight is 756 g/mol. The summed E-state index contributed by atoms with van der Waals surface area (Å²) in [7, 11) is 0. The Hall–Kier alpha value is -7.26. The summed E-state index contributed by atoms with van der Waals surface area (Å²) in [5.74, 6) is 0. The fraction of sp³-hybridized carbons (Fsp3) is 0. The lowest BCUT2D eigenvalue weighted by Crippen LogP contribution is -2.11. The van der Waals surface area contributed by atoms with Gasteiger partial charge in [0.1, 0.15) is 0 Å². The average Bonchev–Trinajstić information content (AvgIpc) is 3.67. The second kappa shape index (κ2) is 14.4. The van der Waals surface area contributed by atoms with Crippen LogP contribution in [0.1, 0.15) is 0 Å². The zero-order valence-corrected chi connectivity index (χ0v) is 32.5. The number of nitrogens with zero attached hydrogens (tertiary/aromatic N) is 1. The largest absolute Gasteiger partial charge is 0.310 e. The molecule has 1 nitrogen and oxygen atoms in total. The van der Waals surface area contributed by atoms with Crippen LogP contribution in [0.15, 0.2) is 224 Å².